The molecule has 0 N–H and O–H groups in total. The van der Waals surface area contributed by atoms with Crippen LogP contribution in [-0.2, 0) is 16.4 Å². The molecule has 0 bridgehead atoms. The molecule has 0 saturated carbocycles. The van der Waals surface area contributed by atoms with Crippen LogP contribution in [0.4, 0.5) is 0 Å². The Balaban J connectivity index is 2.34. The van der Waals surface area contributed by atoms with E-state index in [1.165, 1.54) is 6.26 Å². The van der Waals surface area contributed by atoms with Crippen molar-refractivity contribution in [3.63, 3.8) is 0 Å². The van der Waals surface area contributed by atoms with Gasteiger partial charge in [0.15, 0.2) is 5.82 Å². The number of sulfone groups is 1. The van der Waals surface area contributed by atoms with Gasteiger partial charge >= 0.3 is 0 Å². The Morgan fingerprint density at radius 2 is 1.89 bits per heavy atom. The molecule has 1 aromatic heterocycles. The topological polar surface area (TPSA) is 64.8 Å². The predicted molar refractivity (Wildman–Crippen MR) is 70.2 cm³/mol. The predicted octanol–water partition coefficient (Wildman–Crippen LogP) is 1.64. The Labute approximate surface area is 110 Å². The molecule has 2 aromatic rings. The van der Waals surface area contributed by atoms with Gasteiger partial charge in [-0.2, -0.15) is 0 Å². The summed E-state index contributed by atoms with van der Waals surface area (Å²) in [6.07, 6.45) is 1.19. The van der Waals surface area contributed by atoms with Gasteiger partial charge in [0.05, 0.1) is 5.75 Å². The van der Waals surface area contributed by atoms with E-state index >= 15 is 0 Å². The highest BCUT2D eigenvalue weighted by Gasteiger charge is 2.13. The summed E-state index contributed by atoms with van der Waals surface area (Å²) in [6, 6.07) is 9.38. The number of rotatable bonds is 4. The second kappa shape index (κ2) is 5.07. The largest absolute Gasteiger partial charge is 0.297 e. The lowest BCUT2D eigenvalue weighted by Crippen LogP contribution is -2.12. The van der Waals surface area contributed by atoms with Crippen LogP contribution in [0, 0.1) is 0 Å². The van der Waals surface area contributed by atoms with Crippen LogP contribution in [0.2, 0.25) is 5.28 Å². The molecule has 0 fully saturated rings. The third-order valence-electron chi connectivity index (χ3n) is 2.42. The summed E-state index contributed by atoms with van der Waals surface area (Å²) in [4.78, 5) is 0. The zero-order chi connectivity index (χ0) is 13.2. The monoisotopic (exact) mass is 285 g/mol. The van der Waals surface area contributed by atoms with Crippen molar-refractivity contribution in [3.8, 4) is 11.4 Å². The average Bonchev–Trinajstić information content (AvgIpc) is 2.68. The lowest BCUT2D eigenvalue weighted by atomic mass is 10.2. The van der Waals surface area contributed by atoms with Gasteiger partial charge in [0.2, 0.25) is 5.28 Å². The molecule has 0 amide bonds. The maximum Gasteiger partial charge on any atom is 0.225 e. The van der Waals surface area contributed by atoms with Gasteiger partial charge < -0.3 is 0 Å². The Morgan fingerprint density at radius 3 is 2.50 bits per heavy atom. The van der Waals surface area contributed by atoms with Crippen molar-refractivity contribution >= 4 is 21.4 Å². The van der Waals surface area contributed by atoms with Crippen LogP contribution in [0.5, 0.6) is 0 Å². The van der Waals surface area contributed by atoms with Crippen LogP contribution < -0.4 is 0 Å². The third-order valence-corrected chi connectivity index (χ3v) is 3.63. The van der Waals surface area contributed by atoms with Gasteiger partial charge in [-0.3, -0.25) is 4.57 Å². The zero-order valence-electron chi connectivity index (χ0n) is 9.75. The molecule has 0 aliphatic carbocycles. The van der Waals surface area contributed by atoms with E-state index in [1.807, 2.05) is 30.3 Å². The smallest absolute Gasteiger partial charge is 0.225 e. The Kier molecular flexibility index (Phi) is 3.68. The maximum atomic E-state index is 11.2. The van der Waals surface area contributed by atoms with Crippen LogP contribution in [-0.4, -0.2) is 35.2 Å². The van der Waals surface area contributed by atoms with Gasteiger partial charge in [-0.1, -0.05) is 30.3 Å². The highest BCUT2D eigenvalue weighted by Crippen LogP contribution is 2.20. The van der Waals surface area contributed by atoms with E-state index in [0.29, 0.717) is 5.82 Å². The second-order valence-electron chi connectivity index (χ2n) is 3.94. The molecule has 2 rings (SSSR count). The van der Waals surface area contributed by atoms with E-state index in [1.54, 1.807) is 4.57 Å². The first kappa shape index (κ1) is 13.0. The minimum atomic E-state index is -3.05. The summed E-state index contributed by atoms with van der Waals surface area (Å²) >= 11 is 5.92. The number of hydrogen-bond acceptors (Lipinski definition) is 4. The molecule has 0 unspecified atom stereocenters. The molecule has 0 aliphatic heterocycles. The average molecular weight is 286 g/mol. The first-order chi connectivity index (χ1) is 8.47. The summed E-state index contributed by atoms with van der Waals surface area (Å²) in [5.41, 5.74) is 0.852. The van der Waals surface area contributed by atoms with Crippen molar-refractivity contribution in [3.05, 3.63) is 35.6 Å². The highest BCUT2D eigenvalue weighted by atomic mass is 35.5. The molecule has 18 heavy (non-hydrogen) atoms. The van der Waals surface area contributed by atoms with Crippen molar-refractivity contribution in [2.45, 2.75) is 6.54 Å². The molecular weight excluding hydrogens is 274 g/mol. The maximum absolute atomic E-state index is 11.2. The quantitative estimate of drug-likeness (QED) is 0.857. The number of nitrogens with zero attached hydrogens (tertiary/aromatic N) is 3. The standard InChI is InChI=1S/C11H12ClN3O2S/c1-18(16,17)8-7-15-10(13-14-11(15)12)9-5-3-2-4-6-9/h2-6H,7-8H2,1H3. The van der Waals surface area contributed by atoms with Crippen LogP contribution in [0.15, 0.2) is 30.3 Å². The van der Waals surface area contributed by atoms with E-state index in [-0.39, 0.29) is 17.6 Å². The molecule has 1 heterocycles. The number of halogens is 1. The molecule has 0 radical (unpaired) electrons. The Morgan fingerprint density at radius 1 is 1.22 bits per heavy atom. The van der Waals surface area contributed by atoms with E-state index in [2.05, 4.69) is 10.2 Å². The first-order valence-electron chi connectivity index (χ1n) is 5.29. The fourth-order valence-electron chi connectivity index (χ4n) is 1.54. The van der Waals surface area contributed by atoms with E-state index in [9.17, 15) is 8.42 Å². The van der Waals surface area contributed by atoms with Gasteiger partial charge in [0, 0.05) is 18.4 Å². The van der Waals surface area contributed by atoms with Crippen molar-refractivity contribution < 1.29 is 8.42 Å². The SMILES string of the molecule is CS(=O)(=O)CCn1c(Cl)nnc1-c1ccccc1. The fraction of sp³-hybridized carbons (Fsp3) is 0.273. The third kappa shape index (κ3) is 3.08. The van der Waals surface area contributed by atoms with Crippen LogP contribution in [0.25, 0.3) is 11.4 Å². The number of hydrogen-bond donors (Lipinski definition) is 0. The summed E-state index contributed by atoms with van der Waals surface area (Å²) < 4.78 is 24.0. The van der Waals surface area contributed by atoms with Crippen LogP contribution >= 0.6 is 11.6 Å². The summed E-state index contributed by atoms with van der Waals surface area (Å²) in [5.74, 6) is 0.578. The van der Waals surface area contributed by atoms with E-state index < -0.39 is 9.84 Å². The summed E-state index contributed by atoms with van der Waals surface area (Å²) in [5, 5.41) is 7.94. The van der Waals surface area contributed by atoms with Gasteiger partial charge in [-0.15, -0.1) is 10.2 Å². The van der Waals surface area contributed by atoms with E-state index in [4.69, 9.17) is 11.6 Å². The second-order valence-corrected chi connectivity index (χ2v) is 6.54. The molecule has 0 aliphatic rings. The fourth-order valence-corrected chi connectivity index (χ4v) is 2.26. The molecule has 1 aromatic carbocycles. The van der Waals surface area contributed by atoms with Crippen molar-refractivity contribution in [2.24, 2.45) is 0 Å². The Hall–Kier alpha value is -1.40. The molecule has 0 atom stereocenters. The Bertz CT molecular complexity index is 638. The molecular formula is C11H12ClN3O2S. The molecule has 96 valence electrons. The van der Waals surface area contributed by atoms with E-state index in [0.717, 1.165) is 5.56 Å². The lowest BCUT2D eigenvalue weighted by Gasteiger charge is -2.06. The minimum absolute atomic E-state index is 0.00456. The molecule has 7 heteroatoms. The zero-order valence-corrected chi connectivity index (χ0v) is 11.3. The summed E-state index contributed by atoms with van der Waals surface area (Å²) in [6.45, 7) is 0.245. The normalized spacial score (nSPS) is 11.7. The highest BCUT2D eigenvalue weighted by molar-refractivity contribution is 7.90. The number of aromatic nitrogens is 3. The molecule has 5 nitrogen and oxygen atoms in total. The van der Waals surface area contributed by atoms with Gasteiger partial charge in [0.25, 0.3) is 0 Å². The lowest BCUT2D eigenvalue weighted by molar-refractivity contribution is 0.595. The van der Waals surface area contributed by atoms with Crippen LogP contribution in [0.3, 0.4) is 0 Å². The molecule has 0 saturated heterocycles. The van der Waals surface area contributed by atoms with Gasteiger partial charge in [0.1, 0.15) is 9.84 Å². The van der Waals surface area contributed by atoms with Crippen molar-refractivity contribution in [1.82, 2.24) is 14.8 Å². The summed E-state index contributed by atoms with van der Waals surface area (Å²) in [7, 11) is -3.05. The first-order valence-corrected chi connectivity index (χ1v) is 7.73. The van der Waals surface area contributed by atoms with Crippen LogP contribution in [0.1, 0.15) is 0 Å². The van der Waals surface area contributed by atoms with Gasteiger partial charge in [-0.05, 0) is 11.6 Å². The van der Waals surface area contributed by atoms with Crippen molar-refractivity contribution in [1.29, 1.82) is 0 Å². The van der Waals surface area contributed by atoms with Gasteiger partial charge in [-0.25, -0.2) is 8.42 Å². The minimum Gasteiger partial charge on any atom is -0.297 e. The molecule has 0 spiro atoms. The number of benzene rings is 1. The van der Waals surface area contributed by atoms with Crippen molar-refractivity contribution in [2.75, 3.05) is 12.0 Å².